The number of aryl methyl sites for hydroxylation is 1. The molecule has 0 aliphatic heterocycles. The van der Waals surface area contributed by atoms with Crippen molar-refractivity contribution in [1.29, 1.82) is 0 Å². The van der Waals surface area contributed by atoms with Crippen molar-refractivity contribution >= 4 is 17.8 Å². The number of carbonyl (C=O) groups is 2. The predicted octanol–water partition coefficient (Wildman–Crippen LogP) is 0.652. The van der Waals surface area contributed by atoms with Crippen molar-refractivity contribution < 1.29 is 14.7 Å². The number of hydrogen-bond donors (Lipinski definition) is 3. The molecule has 0 aliphatic rings. The Kier molecular flexibility index (Phi) is 4.50. The van der Waals surface area contributed by atoms with Crippen molar-refractivity contribution in [2.24, 2.45) is 13.0 Å². The molecule has 94 valence electrons. The monoisotopic (exact) mass is 240 g/mol. The summed E-state index contributed by atoms with van der Waals surface area (Å²) in [6.45, 7) is 2.07. The molecule has 3 N–H and O–H groups in total. The fraction of sp³-hybridized carbons (Fsp3) is 0.500. The van der Waals surface area contributed by atoms with Crippen LogP contribution >= 0.6 is 0 Å². The van der Waals surface area contributed by atoms with E-state index in [1.54, 1.807) is 30.9 Å². The van der Waals surface area contributed by atoms with Gasteiger partial charge < -0.3 is 10.4 Å². The summed E-state index contributed by atoms with van der Waals surface area (Å²) >= 11 is 0. The van der Waals surface area contributed by atoms with Gasteiger partial charge in [-0.2, -0.15) is 5.10 Å². The summed E-state index contributed by atoms with van der Waals surface area (Å²) in [5.74, 6) is -0.526. The fourth-order valence-corrected chi connectivity index (χ4v) is 1.28. The Balaban J connectivity index is 2.28. The fourth-order valence-electron chi connectivity index (χ4n) is 1.28. The molecular weight excluding hydrogens is 224 g/mol. The van der Waals surface area contributed by atoms with E-state index in [1.807, 2.05) is 0 Å². The van der Waals surface area contributed by atoms with Gasteiger partial charge in [-0.05, 0) is 5.92 Å². The molecule has 1 unspecified atom stereocenters. The number of aliphatic carboxylic acids is 1. The second-order valence-electron chi connectivity index (χ2n) is 3.91. The van der Waals surface area contributed by atoms with Crippen LogP contribution in [0.1, 0.15) is 13.3 Å². The average molecular weight is 240 g/mol. The number of carboxylic acids is 1. The molecule has 0 bridgehead atoms. The van der Waals surface area contributed by atoms with E-state index in [0.29, 0.717) is 12.4 Å². The minimum Gasteiger partial charge on any atom is -0.481 e. The molecule has 7 nitrogen and oxygen atoms in total. The van der Waals surface area contributed by atoms with Gasteiger partial charge in [0.05, 0.1) is 0 Å². The Labute approximate surface area is 98.8 Å². The van der Waals surface area contributed by atoms with Gasteiger partial charge in [0.15, 0.2) is 5.82 Å². The number of aromatic nitrogens is 2. The highest BCUT2D eigenvalue weighted by atomic mass is 16.4. The Morgan fingerprint density at radius 1 is 1.59 bits per heavy atom. The second-order valence-corrected chi connectivity index (χ2v) is 3.91. The highest BCUT2D eigenvalue weighted by molar-refractivity contribution is 5.88. The lowest BCUT2D eigenvalue weighted by Crippen LogP contribution is -2.33. The van der Waals surface area contributed by atoms with Crippen molar-refractivity contribution in [3.63, 3.8) is 0 Å². The number of carbonyl (C=O) groups excluding carboxylic acids is 1. The van der Waals surface area contributed by atoms with E-state index >= 15 is 0 Å². The first-order valence-corrected chi connectivity index (χ1v) is 5.23. The maximum atomic E-state index is 11.4. The van der Waals surface area contributed by atoms with Gasteiger partial charge in [0.2, 0.25) is 0 Å². The van der Waals surface area contributed by atoms with E-state index in [1.165, 1.54) is 0 Å². The summed E-state index contributed by atoms with van der Waals surface area (Å²) in [6, 6.07) is 1.28. The molecule has 0 saturated heterocycles. The van der Waals surface area contributed by atoms with Crippen LogP contribution in [0.25, 0.3) is 0 Å². The van der Waals surface area contributed by atoms with Crippen LogP contribution in [0.4, 0.5) is 10.6 Å². The van der Waals surface area contributed by atoms with E-state index in [0.717, 1.165) is 0 Å². The molecule has 1 aromatic heterocycles. The summed E-state index contributed by atoms with van der Waals surface area (Å²) in [7, 11) is 1.75. The molecule has 1 rings (SSSR count). The van der Waals surface area contributed by atoms with Crippen LogP contribution in [-0.4, -0.2) is 33.4 Å². The zero-order chi connectivity index (χ0) is 12.8. The lowest BCUT2D eigenvalue weighted by molar-refractivity contribution is -0.137. The summed E-state index contributed by atoms with van der Waals surface area (Å²) < 4.78 is 1.57. The summed E-state index contributed by atoms with van der Waals surface area (Å²) in [6.07, 6.45) is 1.74. The third kappa shape index (κ3) is 5.01. The molecule has 0 aromatic carbocycles. The lowest BCUT2D eigenvalue weighted by Gasteiger charge is -2.10. The molecule has 0 fully saturated rings. The minimum atomic E-state index is -0.871. The number of urea groups is 1. The van der Waals surface area contributed by atoms with Crippen LogP contribution in [0.15, 0.2) is 12.3 Å². The van der Waals surface area contributed by atoms with Crippen LogP contribution in [0.3, 0.4) is 0 Å². The van der Waals surface area contributed by atoms with Crippen molar-refractivity contribution in [1.82, 2.24) is 15.1 Å². The third-order valence-electron chi connectivity index (χ3n) is 2.09. The summed E-state index contributed by atoms with van der Waals surface area (Å²) in [4.78, 5) is 21.8. The normalized spacial score (nSPS) is 11.9. The molecule has 7 heteroatoms. The molecule has 0 spiro atoms. The van der Waals surface area contributed by atoms with Crippen LogP contribution in [0.2, 0.25) is 0 Å². The molecule has 1 atom stereocenters. The highest BCUT2D eigenvalue weighted by Gasteiger charge is 2.09. The highest BCUT2D eigenvalue weighted by Crippen LogP contribution is 2.02. The first-order chi connectivity index (χ1) is 7.97. The van der Waals surface area contributed by atoms with Gasteiger partial charge in [0.1, 0.15) is 0 Å². The number of rotatable bonds is 5. The van der Waals surface area contributed by atoms with Gasteiger partial charge in [0, 0.05) is 32.3 Å². The average Bonchev–Trinajstić information content (AvgIpc) is 2.60. The Morgan fingerprint density at radius 3 is 2.82 bits per heavy atom. The molecule has 17 heavy (non-hydrogen) atoms. The van der Waals surface area contributed by atoms with Crippen molar-refractivity contribution in [3.8, 4) is 0 Å². The lowest BCUT2D eigenvalue weighted by atomic mass is 10.1. The first-order valence-electron chi connectivity index (χ1n) is 5.23. The van der Waals surface area contributed by atoms with E-state index in [2.05, 4.69) is 15.7 Å². The summed E-state index contributed by atoms with van der Waals surface area (Å²) in [5, 5.41) is 17.6. The van der Waals surface area contributed by atoms with Gasteiger partial charge in [-0.15, -0.1) is 0 Å². The minimum absolute atomic E-state index is 0.0316. The van der Waals surface area contributed by atoms with Crippen LogP contribution in [0.5, 0.6) is 0 Å². The van der Waals surface area contributed by atoms with E-state index in [-0.39, 0.29) is 18.4 Å². The van der Waals surface area contributed by atoms with E-state index in [4.69, 9.17) is 5.11 Å². The maximum absolute atomic E-state index is 11.4. The Morgan fingerprint density at radius 2 is 2.29 bits per heavy atom. The van der Waals surface area contributed by atoms with Crippen LogP contribution in [-0.2, 0) is 11.8 Å². The number of carboxylic acid groups (broad SMARTS) is 1. The maximum Gasteiger partial charge on any atom is 0.320 e. The van der Waals surface area contributed by atoms with Gasteiger partial charge in [-0.25, -0.2) is 4.79 Å². The number of anilines is 1. The number of hydrogen-bond acceptors (Lipinski definition) is 3. The number of amides is 2. The van der Waals surface area contributed by atoms with Crippen molar-refractivity contribution in [2.75, 3.05) is 11.9 Å². The quantitative estimate of drug-likeness (QED) is 0.704. The van der Waals surface area contributed by atoms with Crippen molar-refractivity contribution in [2.45, 2.75) is 13.3 Å². The smallest absolute Gasteiger partial charge is 0.320 e. The molecule has 0 saturated carbocycles. The number of nitrogens with zero attached hydrogens (tertiary/aromatic N) is 2. The van der Waals surface area contributed by atoms with Gasteiger partial charge >= 0.3 is 12.0 Å². The molecule has 1 aromatic rings. The van der Waals surface area contributed by atoms with E-state index < -0.39 is 5.97 Å². The first kappa shape index (κ1) is 13.0. The Bertz CT molecular complexity index is 402. The topological polar surface area (TPSA) is 96.3 Å². The Hall–Kier alpha value is -2.05. The molecule has 1 heterocycles. The SMILES string of the molecule is CC(CNC(=O)Nc1ccn(C)n1)CC(=O)O. The van der Waals surface area contributed by atoms with E-state index in [9.17, 15) is 9.59 Å². The van der Waals surface area contributed by atoms with Crippen molar-refractivity contribution in [3.05, 3.63) is 12.3 Å². The van der Waals surface area contributed by atoms with Gasteiger partial charge in [0.25, 0.3) is 0 Å². The molecule has 0 aliphatic carbocycles. The standard InChI is InChI=1S/C10H16N4O3/c1-7(5-9(15)16)6-11-10(17)12-8-3-4-14(2)13-8/h3-4,7H,5-6H2,1-2H3,(H,15,16)(H2,11,12,13,17). The zero-order valence-electron chi connectivity index (χ0n) is 9.80. The largest absolute Gasteiger partial charge is 0.481 e. The number of nitrogens with one attached hydrogen (secondary N) is 2. The molecule has 2 amide bonds. The predicted molar refractivity (Wildman–Crippen MR) is 61.6 cm³/mol. The third-order valence-corrected chi connectivity index (χ3v) is 2.09. The molecular formula is C10H16N4O3. The second kappa shape index (κ2) is 5.88. The van der Waals surface area contributed by atoms with Crippen LogP contribution in [0, 0.1) is 5.92 Å². The van der Waals surface area contributed by atoms with Crippen LogP contribution < -0.4 is 10.6 Å². The summed E-state index contributed by atoms with van der Waals surface area (Å²) in [5.41, 5.74) is 0. The van der Waals surface area contributed by atoms with Gasteiger partial charge in [-0.1, -0.05) is 6.92 Å². The zero-order valence-corrected chi connectivity index (χ0v) is 9.80. The van der Waals surface area contributed by atoms with Gasteiger partial charge in [-0.3, -0.25) is 14.8 Å². The molecule has 0 radical (unpaired) electrons.